The average Bonchev–Trinajstić information content (AvgIpc) is 2.75. The second-order valence-corrected chi connectivity index (χ2v) is 6.38. The molecular formula is C16H32N2O. The third-order valence-electron chi connectivity index (χ3n) is 4.67. The molecule has 1 N–H and O–H groups in total. The minimum Gasteiger partial charge on any atom is -0.377 e. The third-order valence-corrected chi connectivity index (χ3v) is 4.67. The smallest absolute Gasteiger partial charge is 0.0673 e. The quantitative estimate of drug-likeness (QED) is 0.801. The lowest BCUT2D eigenvalue weighted by molar-refractivity contribution is 0.0668. The Bertz CT molecular complexity index is 247. The van der Waals surface area contributed by atoms with E-state index in [2.05, 4.69) is 24.1 Å². The van der Waals surface area contributed by atoms with Gasteiger partial charge < -0.3 is 15.0 Å². The van der Waals surface area contributed by atoms with Crippen molar-refractivity contribution in [3.63, 3.8) is 0 Å². The molecule has 3 heteroatoms. The molecule has 0 radical (unpaired) electrons. The molecule has 3 atom stereocenters. The van der Waals surface area contributed by atoms with Gasteiger partial charge in [-0.25, -0.2) is 0 Å². The zero-order valence-corrected chi connectivity index (χ0v) is 12.9. The van der Waals surface area contributed by atoms with E-state index in [-0.39, 0.29) is 0 Å². The van der Waals surface area contributed by atoms with E-state index in [0.29, 0.717) is 6.10 Å². The fourth-order valence-corrected chi connectivity index (χ4v) is 3.61. The molecule has 1 saturated heterocycles. The van der Waals surface area contributed by atoms with Crippen molar-refractivity contribution in [1.29, 1.82) is 0 Å². The first-order chi connectivity index (χ1) is 9.29. The summed E-state index contributed by atoms with van der Waals surface area (Å²) in [5.41, 5.74) is 0. The van der Waals surface area contributed by atoms with Crippen molar-refractivity contribution in [3.8, 4) is 0 Å². The van der Waals surface area contributed by atoms with E-state index in [1.807, 2.05) is 0 Å². The highest BCUT2D eigenvalue weighted by atomic mass is 16.5. The maximum Gasteiger partial charge on any atom is 0.0673 e. The van der Waals surface area contributed by atoms with Gasteiger partial charge in [-0.3, -0.25) is 0 Å². The lowest BCUT2D eigenvalue weighted by Gasteiger charge is -2.26. The number of hydrogen-bond acceptors (Lipinski definition) is 3. The third kappa shape index (κ3) is 5.05. The van der Waals surface area contributed by atoms with Crippen LogP contribution in [-0.2, 0) is 4.74 Å². The van der Waals surface area contributed by atoms with Crippen LogP contribution < -0.4 is 5.32 Å². The van der Waals surface area contributed by atoms with Gasteiger partial charge in [-0.2, -0.15) is 0 Å². The molecule has 3 unspecified atom stereocenters. The molecule has 112 valence electrons. The summed E-state index contributed by atoms with van der Waals surface area (Å²) in [6.07, 6.45) is 8.49. The van der Waals surface area contributed by atoms with Gasteiger partial charge in [-0.15, -0.1) is 0 Å². The topological polar surface area (TPSA) is 24.5 Å². The van der Waals surface area contributed by atoms with Gasteiger partial charge in [-0.05, 0) is 58.0 Å². The van der Waals surface area contributed by atoms with Gasteiger partial charge in [0.25, 0.3) is 0 Å². The van der Waals surface area contributed by atoms with Gasteiger partial charge in [0.2, 0.25) is 0 Å². The molecule has 1 heterocycles. The Labute approximate surface area is 119 Å². The number of ether oxygens (including phenoxy) is 1. The maximum atomic E-state index is 5.73. The molecule has 0 aromatic carbocycles. The lowest BCUT2D eigenvalue weighted by atomic mass is 9.99. The molecule has 2 fully saturated rings. The van der Waals surface area contributed by atoms with Crippen LogP contribution in [0.25, 0.3) is 0 Å². The van der Waals surface area contributed by atoms with Crippen LogP contribution in [-0.4, -0.2) is 49.8 Å². The van der Waals surface area contributed by atoms with Gasteiger partial charge in [0, 0.05) is 25.7 Å². The van der Waals surface area contributed by atoms with Gasteiger partial charge >= 0.3 is 0 Å². The maximum absolute atomic E-state index is 5.73. The van der Waals surface area contributed by atoms with Crippen LogP contribution in [0.5, 0.6) is 0 Å². The summed E-state index contributed by atoms with van der Waals surface area (Å²) < 4.78 is 5.73. The highest BCUT2D eigenvalue weighted by Gasteiger charge is 2.27. The van der Waals surface area contributed by atoms with E-state index in [0.717, 1.165) is 25.1 Å². The Morgan fingerprint density at radius 2 is 2.16 bits per heavy atom. The van der Waals surface area contributed by atoms with Crippen molar-refractivity contribution in [2.45, 2.75) is 64.5 Å². The van der Waals surface area contributed by atoms with E-state index < -0.39 is 0 Å². The van der Waals surface area contributed by atoms with Crippen molar-refractivity contribution in [2.24, 2.45) is 5.92 Å². The summed E-state index contributed by atoms with van der Waals surface area (Å²) in [6, 6.07) is 0.792. The molecule has 2 rings (SSSR count). The van der Waals surface area contributed by atoms with Gasteiger partial charge in [0.05, 0.1) is 6.10 Å². The minimum absolute atomic E-state index is 0.417. The van der Waals surface area contributed by atoms with Crippen molar-refractivity contribution in [2.75, 3.05) is 32.8 Å². The van der Waals surface area contributed by atoms with Crippen LogP contribution >= 0.6 is 0 Å². The molecule has 1 aliphatic heterocycles. The van der Waals surface area contributed by atoms with Crippen LogP contribution in [0, 0.1) is 5.92 Å². The molecule has 0 spiro atoms. The van der Waals surface area contributed by atoms with Crippen LogP contribution in [0.3, 0.4) is 0 Å². The minimum atomic E-state index is 0.417. The lowest BCUT2D eigenvalue weighted by Crippen LogP contribution is -2.36. The molecule has 0 aromatic rings. The first kappa shape index (κ1) is 15.3. The molecule has 1 aliphatic carbocycles. The van der Waals surface area contributed by atoms with Gasteiger partial charge in [0.1, 0.15) is 0 Å². The second-order valence-electron chi connectivity index (χ2n) is 6.38. The summed E-state index contributed by atoms with van der Waals surface area (Å²) in [7, 11) is 0. The van der Waals surface area contributed by atoms with Crippen molar-refractivity contribution >= 4 is 0 Å². The standard InChI is InChI=1S/C16H32N2O/c1-3-9-17-16-7-4-6-15(16)8-11-18-10-5-12-19-14(2)13-18/h14-17H,3-13H2,1-2H3. The molecule has 0 amide bonds. The van der Waals surface area contributed by atoms with Crippen molar-refractivity contribution < 1.29 is 4.74 Å². The van der Waals surface area contributed by atoms with E-state index in [4.69, 9.17) is 4.74 Å². The molecule has 0 bridgehead atoms. The largest absolute Gasteiger partial charge is 0.377 e. The van der Waals surface area contributed by atoms with Crippen LogP contribution in [0.4, 0.5) is 0 Å². The van der Waals surface area contributed by atoms with Crippen molar-refractivity contribution in [3.05, 3.63) is 0 Å². The zero-order valence-electron chi connectivity index (χ0n) is 12.9. The Morgan fingerprint density at radius 3 is 3.00 bits per heavy atom. The Kier molecular flexibility index (Phi) is 6.62. The first-order valence-electron chi connectivity index (χ1n) is 8.37. The second kappa shape index (κ2) is 8.23. The van der Waals surface area contributed by atoms with E-state index in [1.54, 1.807) is 0 Å². The molecule has 1 saturated carbocycles. The first-order valence-corrected chi connectivity index (χ1v) is 8.37. The normalized spacial score (nSPS) is 33.5. The summed E-state index contributed by atoms with van der Waals surface area (Å²) in [6.45, 7) is 10.2. The number of hydrogen-bond donors (Lipinski definition) is 1. The number of nitrogens with one attached hydrogen (secondary N) is 1. The highest BCUT2D eigenvalue weighted by molar-refractivity contribution is 4.84. The monoisotopic (exact) mass is 268 g/mol. The molecule has 2 aliphatic rings. The van der Waals surface area contributed by atoms with E-state index in [9.17, 15) is 0 Å². The summed E-state index contributed by atoms with van der Waals surface area (Å²) in [5.74, 6) is 0.908. The molecule has 0 aromatic heterocycles. The summed E-state index contributed by atoms with van der Waals surface area (Å²) >= 11 is 0. The predicted molar refractivity (Wildman–Crippen MR) is 80.5 cm³/mol. The Hall–Kier alpha value is -0.120. The van der Waals surface area contributed by atoms with Gasteiger partial charge in [0.15, 0.2) is 0 Å². The SMILES string of the molecule is CCCNC1CCCC1CCN1CCCOC(C)C1. The van der Waals surface area contributed by atoms with E-state index in [1.165, 1.54) is 58.2 Å². The van der Waals surface area contributed by atoms with Gasteiger partial charge in [-0.1, -0.05) is 13.3 Å². The predicted octanol–water partition coefficient (Wildman–Crippen LogP) is 2.66. The fourth-order valence-electron chi connectivity index (χ4n) is 3.61. The van der Waals surface area contributed by atoms with Crippen LogP contribution in [0.15, 0.2) is 0 Å². The number of rotatable bonds is 6. The van der Waals surface area contributed by atoms with Crippen LogP contribution in [0.2, 0.25) is 0 Å². The Morgan fingerprint density at radius 1 is 1.26 bits per heavy atom. The summed E-state index contributed by atoms with van der Waals surface area (Å²) in [5, 5.41) is 3.75. The highest BCUT2D eigenvalue weighted by Crippen LogP contribution is 2.28. The van der Waals surface area contributed by atoms with E-state index >= 15 is 0 Å². The molecule has 3 nitrogen and oxygen atoms in total. The van der Waals surface area contributed by atoms with Crippen LogP contribution in [0.1, 0.15) is 52.4 Å². The average molecular weight is 268 g/mol. The zero-order chi connectivity index (χ0) is 13.5. The number of nitrogens with zero attached hydrogens (tertiary/aromatic N) is 1. The summed E-state index contributed by atoms with van der Waals surface area (Å²) in [4.78, 5) is 2.62. The fraction of sp³-hybridized carbons (Fsp3) is 1.00. The molecular weight excluding hydrogens is 236 g/mol. The van der Waals surface area contributed by atoms with Crippen molar-refractivity contribution in [1.82, 2.24) is 10.2 Å². The molecule has 19 heavy (non-hydrogen) atoms. The Balaban J connectivity index is 1.71.